The van der Waals surface area contributed by atoms with Gasteiger partial charge in [-0.3, -0.25) is 0 Å². The number of fused-ring (bicyclic) bond motifs is 3. The van der Waals surface area contributed by atoms with Crippen LogP contribution in [0.2, 0.25) is 0 Å². The van der Waals surface area contributed by atoms with Gasteiger partial charge in [-0.2, -0.15) is 0 Å². The lowest BCUT2D eigenvalue weighted by atomic mass is 9.65. The van der Waals surface area contributed by atoms with Gasteiger partial charge in [-0.05, 0) is 109 Å². The third-order valence-electron chi connectivity index (χ3n) is 12.0. The molecule has 0 amide bonds. The molecule has 3 heteroatoms. The molecule has 0 bridgehead atoms. The van der Waals surface area contributed by atoms with Crippen LogP contribution in [0.3, 0.4) is 0 Å². The van der Waals surface area contributed by atoms with Crippen molar-refractivity contribution in [3.63, 3.8) is 0 Å². The molecule has 1 aromatic heterocycles. The van der Waals surface area contributed by atoms with Crippen molar-refractivity contribution in [2.75, 3.05) is 9.80 Å². The molecule has 0 N–H and O–H groups in total. The Hall–Kier alpha value is -6.84. The van der Waals surface area contributed by atoms with E-state index in [1.807, 2.05) is 0 Å². The van der Waals surface area contributed by atoms with Crippen molar-refractivity contribution in [1.29, 1.82) is 0 Å². The summed E-state index contributed by atoms with van der Waals surface area (Å²) in [5.41, 5.74) is 13.2. The summed E-state index contributed by atoms with van der Waals surface area (Å²) in [5.74, 6) is 0. The smallest absolute Gasteiger partial charge is 0.0782 e. The summed E-state index contributed by atoms with van der Waals surface area (Å²) in [6.07, 6.45) is 6.03. The zero-order valence-electron chi connectivity index (χ0n) is 32.1. The first-order chi connectivity index (χ1) is 28.3. The zero-order chi connectivity index (χ0) is 38.0. The molecular weight excluding hydrogens is 691 g/mol. The van der Waals surface area contributed by atoms with E-state index in [2.05, 4.69) is 227 Å². The summed E-state index contributed by atoms with van der Waals surface area (Å²) in [6, 6.07) is 77.5. The van der Waals surface area contributed by atoms with Crippen LogP contribution in [-0.2, 0) is 5.41 Å². The van der Waals surface area contributed by atoms with E-state index in [9.17, 15) is 0 Å². The van der Waals surface area contributed by atoms with Crippen LogP contribution in [0.15, 0.2) is 212 Å². The largest absolute Gasteiger partial charge is 0.311 e. The van der Waals surface area contributed by atoms with Gasteiger partial charge in [0.25, 0.3) is 0 Å². The minimum absolute atomic E-state index is 0.0447. The van der Waals surface area contributed by atoms with Crippen molar-refractivity contribution >= 4 is 55.9 Å². The molecule has 1 fully saturated rings. The number of para-hydroxylation sites is 6. The number of aromatic nitrogens is 1. The number of anilines is 6. The van der Waals surface area contributed by atoms with Gasteiger partial charge < -0.3 is 14.4 Å². The van der Waals surface area contributed by atoms with Crippen LogP contribution >= 0.6 is 0 Å². The van der Waals surface area contributed by atoms with E-state index in [-0.39, 0.29) is 5.41 Å². The molecule has 0 radical (unpaired) electrons. The van der Waals surface area contributed by atoms with Crippen LogP contribution in [0.25, 0.3) is 27.5 Å². The summed E-state index contributed by atoms with van der Waals surface area (Å²) in [4.78, 5) is 4.79. The van der Waals surface area contributed by atoms with E-state index < -0.39 is 0 Å². The maximum Gasteiger partial charge on any atom is 0.0782 e. The van der Waals surface area contributed by atoms with Crippen molar-refractivity contribution in [2.24, 2.45) is 0 Å². The third-order valence-corrected chi connectivity index (χ3v) is 12.0. The van der Waals surface area contributed by atoms with Crippen LogP contribution in [0.5, 0.6) is 0 Å². The predicted molar refractivity (Wildman–Crippen MR) is 240 cm³/mol. The van der Waals surface area contributed by atoms with E-state index in [0.29, 0.717) is 0 Å². The van der Waals surface area contributed by atoms with Crippen molar-refractivity contribution < 1.29 is 0 Å². The maximum absolute atomic E-state index is 2.44. The molecule has 0 unspecified atom stereocenters. The van der Waals surface area contributed by atoms with Gasteiger partial charge in [-0.25, -0.2) is 0 Å². The first-order valence-corrected chi connectivity index (χ1v) is 20.3. The summed E-state index contributed by atoms with van der Waals surface area (Å²) in [6.45, 7) is 0. The van der Waals surface area contributed by atoms with Crippen molar-refractivity contribution in [3.05, 3.63) is 223 Å². The van der Waals surface area contributed by atoms with Gasteiger partial charge >= 0.3 is 0 Å². The lowest BCUT2D eigenvalue weighted by Crippen LogP contribution is -2.30. The predicted octanol–water partition coefficient (Wildman–Crippen LogP) is 15.0. The van der Waals surface area contributed by atoms with Crippen molar-refractivity contribution in [1.82, 2.24) is 4.57 Å². The Morgan fingerprint density at radius 2 is 0.789 bits per heavy atom. The summed E-state index contributed by atoms with van der Waals surface area (Å²) >= 11 is 0. The second-order valence-electron chi connectivity index (χ2n) is 15.3. The quantitative estimate of drug-likeness (QED) is 0.146. The van der Waals surface area contributed by atoms with Crippen LogP contribution in [-0.4, -0.2) is 4.57 Å². The third kappa shape index (κ3) is 6.26. The summed E-state index contributed by atoms with van der Waals surface area (Å²) < 4.78 is 2.43. The highest BCUT2D eigenvalue weighted by atomic mass is 15.2. The van der Waals surface area contributed by atoms with Gasteiger partial charge in [0.2, 0.25) is 0 Å². The number of rotatable bonds is 9. The van der Waals surface area contributed by atoms with Gasteiger partial charge in [0, 0.05) is 50.3 Å². The van der Waals surface area contributed by atoms with Crippen LogP contribution < -0.4 is 9.80 Å². The molecule has 0 aliphatic heterocycles. The number of hydrogen-bond donors (Lipinski definition) is 0. The number of hydrogen-bond acceptors (Lipinski definition) is 2. The molecule has 0 atom stereocenters. The van der Waals surface area contributed by atoms with Gasteiger partial charge in [0.05, 0.1) is 16.7 Å². The van der Waals surface area contributed by atoms with Crippen LogP contribution in [0.1, 0.15) is 43.2 Å². The Balaban J connectivity index is 1.08. The Morgan fingerprint density at radius 3 is 1.35 bits per heavy atom. The zero-order valence-corrected chi connectivity index (χ0v) is 32.1. The summed E-state index contributed by atoms with van der Waals surface area (Å²) in [7, 11) is 0. The molecular formula is C54H45N3. The fourth-order valence-electron chi connectivity index (χ4n) is 9.39. The van der Waals surface area contributed by atoms with E-state index in [0.717, 1.165) is 52.7 Å². The molecule has 8 aromatic carbocycles. The molecule has 1 heterocycles. The molecule has 3 nitrogen and oxygen atoms in total. The fourth-order valence-corrected chi connectivity index (χ4v) is 9.39. The number of benzene rings is 8. The first kappa shape index (κ1) is 34.6. The lowest BCUT2D eigenvalue weighted by Gasteiger charge is -2.39. The Labute approximate surface area is 335 Å². The monoisotopic (exact) mass is 735 g/mol. The highest BCUT2D eigenvalue weighted by Crippen LogP contribution is 2.48. The summed E-state index contributed by atoms with van der Waals surface area (Å²) in [5, 5.41) is 2.50. The first-order valence-electron chi connectivity index (χ1n) is 20.3. The van der Waals surface area contributed by atoms with Crippen molar-refractivity contribution in [3.8, 4) is 5.69 Å². The van der Waals surface area contributed by atoms with Gasteiger partial charge in [-0.1, -0.05) is 147 Å². The highest BCUT2D eigenvalue weighted by Gasteiger charge is 2.36. The number of nitrogens with zero attached hydrogens (tertiary/aromatic N) is 3. The van der Waals surface area contributed by atoms with Crippen molar-refractivity contribution in [2.45, 2.75) is 37.5 Å². The topological polar surface area (TPSA) is 11.4 Å². The van der Waals surface area contributed by atoms with E-state index in [4.69, 9.17) is 0 Å². The van der Waals surface area contributed by atoms with E-state index >= 15 is 0 Å². The van der Waals surface area contributed by atoms with Crippen LogP contribution in [0.4, 0.5) is 34.1 Å². The average molecular weight is 736 g/mol. The second kappa shape index (κ2) is 15.0. The standard InChI is InChI=1S/C54H45N3/c1-6-19-43(20-7-1)55(44-21-8-2-9-22-44)47-35-31-41(32-36-47)54(39-16-5-17-40-54)42-33-37-48(38-34-42)56(45-23-10-3-11-24-45)52-30-18-28-50-49-27-14-15-29-51(49)57(53(50)52)46-25-12-4-13-26-46/h1-4,6-15,18-38H,5,16-17,39-40H2. The fraction of sp³-hybridized carbons (Fsp3) is 0.111. The van der Waals surface area contributed by atoms with Gasteiger partial charge in [0.1, 0.15) is 0 Å². The highest BCUT2D eigenvalue weighted by molar-refractivity contribution is 6.14. The SMILES string of the molecule is c1ccc(N(c2ccccc2)c2ccc(C3(c4ccc(N(c5ccccc5)c5cccc6c7ccccc7n(-c7ccccc7)c56)cc4)CCCCC3)cc2)cc1. The molecule has 0 saturated heterocycles. The molecule has 0 spiro atoms. The van der Waals surface area contributed by atoms with Crippen LogP contribution in [0, 0.1) is 0 Å². The molecule has 1 aliphatic rings. The maximum atomic E-state index is 2.44. The van der Waals surface area contributed by atoms with E-state index in [1.54, 1.807) is 0 Å². The minimum Gasteiger partial charge on any atom is -0.311 e. The van der Waals surface area contributed by atoms with Gasteiger partial charge in [-0.15, -0.1) is 0 Å². The molecule has 1 aliphatic carbocycles. The Kier molecular flexibility index (Phi) is 9.12. The average Bonchev–Trinajstić information content (AvgIpc) is 3.64. The second-order valence-corrected chi connectivity index (χ2v) is 15.3. The molecule has 57 heavy (non-hydrogen) atoms. The van der Waals surface area contributed by atoms with E-state index in [1.165, 1.54) is 52.2 Å². The molecule has 1 saturated carbocycles. The minimum atomic E-state index is -0.0447. The van der Waals surface area contributed by atoms with Gasteiger partial charge in [0.15, 0.2) is 0 Å². The molecule has 9 aromatic rings. The normalized spacial score (nSPS) is 13.8. The molecule has 276 valence electrons. The Morgan fingerprint density at radius 1 is 0.351 bits per heavy atom. The Bertz CT molecular complexity index is 2690. The lowest BCUT2D eigenvalue weighted by molar-refractivity contribution is 0.346. The molecule has 10 rings (SSSR count).